The van der Waals surface area contributed by atoms with Gasteiger partial charge < -0.3 is 9.84 Å². The highest BCUT2D eigenvalue weighted by Gasteiger charge is 2.29. The molecule has 0 radical (unpaired) electrons. The van der Waals surface area contributed by atoms with E-state index in [0.717, 1.165) is 41.0 Å². The predicted molar refractivity (Wildman–Crippen MR) is 102 cm³/mol. The molecule has 1 atom stereocenters. The zero-order valence-electron chi connectivity index (χ0n) is 16.1. The molecule has 6 heteroatoms. The fourth-order valence-electron chi connectivity index (χ4n) is 3.19. The molecule has 0 heterocycles. The number of alkyl halides is 3. The van der Waals surface area contributed by atoms with Gasteiger partial charge in [-0.2, -0.15) is 13.2 Å². The number of hydrogen-bond acceptors (Lipinski definition) is 2. The molecule has 0 saturated heterocycles. The van der Waals surface area contributed by atoms with Gasteiger partial charge in [0.25, 0.3) is 0 Å². The Balaban J connectivity index is 2.02. The van der Waals surface area contributed by atoms with E-state index in [1.807, 2.05) is 25.1 Å². The first-order valence-electron chi connectivity index (χ1n) is 9.29. The Morgan fingerprint density at radius 1 is 1.07 bits per heavy atom. The molecule has 0 aliphatic rings. The first-order valence-corrected chi connectivity index (χ1v) is 9.29. The molecule has 0 bridgehead atoms. The van der Waals surface area contributed by atoms with Gasteiger partial charge in [-0.3, -0.25) is 4.79 Å². The molecule has 1 N–H and O–H groups in total. The van der Waals surface area contributed by atoms with Crippen LogP contribution in [-0.2, 0) is 30.2 Å². The molecule has 28 heavy (non-hydrogen) atoms. The molecule has 2 aromatic carbocycles. The molecule has 0 fully saturated rings. The molecule has 0 amide bonds. The molecule has 3 nitrogen and oxygen atoms in total. The van der Waals surface area contributed by atoms with Crippen molar-refractivity contribution in [2.24, 2.45) is 5.92 Å². The van der Waals surface area contributed by atoms with E-state index in [4.69, 9.17) is 4.74 Å². The fraction of sp³-hybridized carbons (Fsp3) is 0.409. The van der Waals surface area contributed by atoms with Crippen LogP contribution >= 0.6 is 0 Å². The van der Waals surface area contributed by atoms with Gasteiger partial charge in [-0.25, -0.2) is 0 Å². The third kappa shape index (κ3) is 6.01. The molecule has 0 aliphatic heterocycles. The summed E-state index contributed by atoms with van der Waals surface area (Å²) < 4.78 is 43.3. The minimum Gasteiger partial charge on any atom is -0.496 e. The summed E-state index contributed by atoms with van der Waals surface area (Å²) in [6, 6.07) is 10.9. The predicted octanol–water partition coefficient (Wildman–Crippen LogP) is 5.54. The number of halogens is 3. The number of benzene rings is 2. The lowest BCUT2D eigenvalue weighted by atomic mass is 9.94. The van der Waals surface area contributed by atoms with Crippen LogP contribution in [0.25, 0.3) is 0 Å². The smallest absolute Gasteiger partial charge is 0.416 e. The van der Waals surface area contributed by atoms with Gasteiger partial charge >= 0.3 is 12.1 Å². The van der Waals surface area contributed by atoms with Crippen molar-refractivity contribution in [3.63, 3.8) is 0 Å². The van der Waals surface area contributed by atoms with E-state index in [-0.39, 0.29) is 0 Å². The van der Waals surface area contributed by atoms with Crippen LogP contribution in [0.2, 0.25) is 0 Å². The van der Waals surface area contributed by atoms with E-state index < -0.39 is 23.6 Å². The summed E-state index contributed by atoms with van der Waals surface area (Å²) in [4.78, 5) is 11.3. The van der Waals surface area contributed by atoms with Gasteiger partial charge in [-0.1, -0.05) is 31.2 Å². The van der Waals surface area contributed by atoms with Crippen LogP contribution in [0.5, 0.6) is 5.75 Å². The van der Waals surface area contributed by atoms with E-state index in [1.54, 1.807) is 7.11 Å². The summed E-state index contributed by atoms with van der Waals surface area (Å²) in [7, 11) is 1.58. The summed E-state index contributed by atoms with van der Waals surface area (Å²) in [6.45, 7) is 1.85. The van der Waals surface area contributed by atoms with Gasteiger partial charge in [0.15, 0.2) is 0 Å². The van der Waals surface area contributed by atoms with Gasteiger partial charge in [0, 0.05) is 0 Å². The largest absolute Gasteiger partial charge is 0.496 e. The molecule has 2 rings (SSSR count). The number of rotatable bonds is 9. The van der Waals surface area contributed by atoms with Crippen molar-refractivity contribution >= 4 is 5.97 Å². The molecule has 0 aliphatic carbocycles. The molecular weight excluding hydrogens is 369 g/mol. The monoisotopic (exact) mass is 394 g/mol. The van der Waals surface area contributed by atoms with Gasteiger partial charge in [-0.05, 0) is 67.0 Å². The van der Waals surface area contributed by atoms with Crippen molar-refractivity contribution in [3.8, 4) is 5.75 Å². The van der Waals surface area contributed by atoms with E-state index in [1.165, 1.54) is 12.1 Å². The third-order valence-electron chi connectivity index (χ3n) is 4.86. The lowest BCUT2D eigenvalue weighted by Gasteiger charge is -2.14. The summed E-state index contributed by atoms with van der Waals surface area (Å²) in [6.07, 6.45) is -1.20. The van der Waals surface area contributed by atoms with Gasteiger partial charge in [0.05, 0.1) is 18.6 Å². The standard InChI is InChI=1S/C22H25F3O3/c1-3-17(21(26)27)13-16-9-12-20(28-2)18(14-16)6-4-5-15-7-10-19(11-8-15)22(23,24)25/h7-12,14,17H,3-6,13H2,1-2H3,(H,26,27). The highest BCUT2D eigenvalue weighted by atomic mass is 19.4. The Kier molecular flexibility index (Phi) is 7.49. The van der Waals surface area contributed by atoms with E-state index in [9.17, 15) is 23.1 Å². The van der Waals surface area contributed by atoms with Crippen LogP contribution in [0.1, 0.15) is 42.0 Å². The van der Waals surface area contributed by atoms with E-state index in [0.29, 0.717) is 25.7 Å². The van der Waals surface area contributed by atoms with Crippen LogP contribution in [0.3, 0.4) is 0 Å². The number of hydrogen-bond donors (Lipinski definition) is 1. The number of ether oxygens (including phenoxy) is 1. The number of carbonyl (C=O) groups is 1. The second kappa shape index (κ2) is 9.62. The highest BCUT2D eigenvalue weighted by Crippen LogP contribution is 2.29. The van der Waals surface area contributed by atoms with E-state index in [2.05, 4.69) is 0 Å². The fourth-order valence-corrected chi connectivity index (χ4v) is 3.19. The number of carboxylic acid groups (broad SMARTS) is 1. The molecule has 1 unspecified atom stereocenters. The second-order valence-corrected chi connectivity index (χ2v) is 6.84. The lowest BCUT2D eigenvalue weighted by Crippen LogP contribution is -2.15. The zero-order valence-corrected chi connectivity index (χ0v) is 16.1. The Bertz CT molecular complexity index is 783. The van der Waals surface area contributed by atoms with Crippen molar-refractivity contribution in [1.82, 2.24) is 0 Å². The van der Waals surface area contributed by atoms with Crippen molar-refractivity contribution in [1.29, 1.82) is 0 Å². The number of aliphatic carboxylic acids is 1. The van der Waals surface area contributed by atoms with Crippen LogP contribution in [0.4, 0.5) is 13.2 Å². The average molecular weight is 394 g/mol. The quantitative estimate of drug-likeness (QED) is 0.607. The van der Waals surface area contributed by atoms with Crippen molar-refractivity contribution in [2.45, 2.75) is 45.2 Å². The number of aryl methyl sites for hydroxylation is 2. The molecule has 0 aromatic heterocycles. The third-order valence-corrected chi connectivity index (χ3v) is 4.86. The van der Waals surface area contributed by atoms with Gasteiger partial charge in [0.2, 0.25) is 0 Å². The van der Waals surface area contributed by atoms with Crippen LogP contribution in [-0.4, -0.2) is 18.2 Å². The maximum atomic E-state index is 12.6. The Morgan fingerprint density at radius 2 is 1.71 bits per heavy atom. The van der Waals surface area contributed by atoms with Crippen molar-refractivity contribution in [2.75, 3.05) is 7.11 Å². The number of methoxy groups -OCH3 is 1. The van der Waals surface area contributed by atoms with Gasteiger partial charge in [-0.15, -0.1) is 0 Å². The molecule has 0 saturated carbocycles. The molecular formula is C22H25F3O3. The van der Waals surface area contributed by atoms with E-state index >= 15 is 0 Å². The van der Waals surface area contributed by atoms with Gasteiger partial charge in [0.1, 0.15) is 5.75 Å². The van der Waals surface area contributed by atoms with Crippen LogP contribution in [0.15, 0.2) is 42.5 Å². The van der Waals surface area contributed by atoms with Crippen molar-refractivity contribution in [3.05, 3.63) is 64.7 Å². The Hall–Kier alpha value is -2.50. The maximum Gasteiger partial charge on any atom is 0.416 e. The summed E-state index contributed by atoms with van der Waals surface area (Å²) in [5.74, 6) is -0.491. The second-order valence-electron chi connectivity index (χ2n) is 6.84. The summed E-state index contributed by atoms with van der Waals surface area (Å²) in [5.41, 5.74) is 2.13. The van der Waals surface area contributed by atoms with Crippen molar-refractivity contribution < 1.29 is 27.8 Å². The van der Waals surface area contributed by atoms with Crippen LogP contribution in [0, 0.1) is 5.92 Å². The summed E-state index contributed by atoms with van der Waals surface area (Å²) in [5, 5.41) is 9.25. The zero-order chi connectivity index (χ0) is 20.7. The summed E-state index contributed by atoms with van der Waals surface area (Å²) >= 11 is 0. The topological polar surface area (TPSA) is 46.5 Å². The number of carboxylic acids is 1. The highest BCUT2D eigenvalue weighted by molar-refractivity contribution is 5.70. The molecule has 152 valence electrons. The van der Waals surface area contributed by atoms with Crippen LogP contribution < -0.4 is 4.74 Å². The minimum atomic E-state index is -4.32. The first kappa shape index (κ1) is 21.8. The molecule has 0 spiro atoms. The minimum absolute atomic E-state index is 0.423. The molecule has 2 aromatic rings. The normalized spacial score (nSPS) is 12.6. The SMILES string of the molecule is CCC(Cc1ccc(OC)c(CCCc2ccc(C(F)(F)F)cc2)c1)C(=O)O. The Morgan fingerprint density at radius 3 is 2.25 bits per heavy atom. The lowest BCUT2D eigenvalue weighted by molar-refractivity contribution is -0.141. The maximum absolute atomic E-state index is 12.6. The first-order chi connectivity index (χ1) is 13.2. The average Bonchev–Trinajstić information content (AvgIpc) is 2.65. The Labute approximate surface area is 163 Å².